The molecule has 2 atom stereocenters. The predicted octanol–water partition coefficient (Wildman–Crippen LogP) is 3.55. The Labute approximate surface area is 237 Å². The first-order valence-corrected chi connectivity index (χ1v) is 13.4. The summed E-state index contributed by atoms with van der Waals surface area (Å²) in [4.78, 5) is 29.1. The second kappa shape index (κ2) is 14.6. The molecule has 12 heteroatoms. The van der Waals surface area contributed by atoms with Gasteiger partial charge in [0.1, 0.15) is 17.6 Å². The van der Waals surface area contributed by atoms with Gasteiger partial charge in [0.2, 0.25) is 5.91 Å². The van der Waals surface area contributed by atoms with Crippen LogP contribution in [0, 0.1) is 5.92 Å². The summed E-state index contributed by atoms with van der Waals surface area (Å²) in [5.41, 5.74) is 0.857. The van der Waals surface area contributed by atoms with Gasteiger partial charge in [-0.3, -0.25) is 9.59 Å². The van der Waals surface area contributed by atoms with Crippen LogP contribution in [0.3, 0.4) is 0 Å². The molecular weight excluding hydrogens is 551 g/mol. The van der Waals surface area contributed by atoms with E-state index in [-0.39, 0.29) is 24.1 Å². The smallest absolute Gasteiger partial charge is 0.411 e. The van der Waals surface area contributed by atoms with E-state index < -0.39 is 37.4 Å². The largest absolute Gasteiger partial charge is 0.497 e. The van der Waals surface area contributed by atoms with Gasteiger partial charge in [-0.1, -0.05) is 29.8 Å². The Morgan fingerprint density at radius 2 is 1.82 bits per heavy atom. The van der Waals surface area contributed by atoms with Crippen molar-refractivity contribution < 1.29 is 37.3 Å². The fourth-order valence-electron chi connectivity index (χ4n) is 4.51. The quantitative estimate of drug-likeness (QED) is 0.396. The van der Waals surface area contributed by atoms with Gasteiger partial charge in [0.25, 0.3) is 5.91 Å². The lowest BCUT2D eigenvalue weighted by molar-refractivity contribution is -0.184. The molecule has 0 spiro atoms. The van der Waals surface area contributed by atoms with Crippen molar-refractivity contribution in [2.45, 2.75) is 37.6 Å². The maximum absolute atomic E-state index is 14.0. The van der Waals surface area contributed by atoms with Crippen LogP contribution in [0.4, 0.5) is 13.2 Å². The number of amides is 2. The van der Waals surface area contributed by atoms with Crippen LogP contribution >= 0.6 is 11.6 Å². The number of methoxy groups -OCH3 is 1. The molecule has 2 amide bonds. The van der Waals surface area contributed by atoms with E-state index >= 15 is 0 Å². The molecule has 0 aromatic heterocycles. The predicted molar refractivity (Wildman–Crippen MR) is 144 cm³/mol. The van der Waals surface area contributed by atoms with Crippen LogP contribution in [0.1, 0.15) is 18.4 Å². The lowest BCUT2D eigenvalue weighted by atomic mass is 9.95. The average molecular weight is 586 g/mol. The maximum atomic E-state index is 14.0. The Bertz CT molecular complexity index is 1110. The number of likely N-dealkylation sites (tertiary alicyclic amines) is 1. The van der Waals surface area contributed by atoms with Crippen LogP contribution in [0.2, 0.25) is 5.02 Å². The third kappa shape index (κ3) is 9.57. The fourth-order valence-corrected chi connectivity index (χ4v) is 4.69. The molecule has 2 aromatic carbocycles. The highest BCUT2D eigenvalue weighted by Crippen LogP contribution is 2.25. The Morgan fingerprint density at radius 3 is 2.42 bits per heavy atom. The molecule has 1 fully saturated rings. The molecule has 2 N–H and O–H groups in total. The molecule has 0 bridgehead atoms. The number of hydrogen-bond donors (Lipinski definition) is 2. The first kappa shape index (κ1) is 31.5. The summed E-state index contributed by atoms with van der Waals surface area (Å²) in [6.07, 6.45) is -5.55. The number of halogens is 4. The number of aliphatic hydroxyl groups is 1. The van der Waals surface area contributed by atoms with Crippen LogP contribution in [0.15, 0.2) is 48.5 Å². The highest BCUT2D eigenvalue weighted by atomic mass is 35.5. The topological polar surface area (TPSA) is 91.3 Å². The Kier molecular flexibility index (Phi) is 11.5. The molecule has 2 unspecified atom stereocenters. The van der Waals surface area contributed by atoms with Gasteiger partial charge in [0.05, 0.1) is 7.11 Å². The number of nitrogens with one attached hydrogen (secondary N) is 1. The molecule has 220 valence electrons. The van der Waals surface area contributed by atoms with Crippen molar-refractivity contribution in [3.05, 3.63) is 59.1 Å². The van der Waals surface area contributed by atoms with Crippen molar-refractivity contribution >= 4 is 23.4 Å². The molecule has 0 saturated carbocycles. The molecule has 3 rings (SSSR count). The summed E-state index contributed by atoms with van der Waals surface area (Å²) in [5.74, 6) is -0.879. The minimum absolute atomic E-state index is 0.102. The molecule has 40 heavy (non-hydrogen) atoms. The highest BCUT2D eigenvalue weighted by Gasteiger charge is 2.46. The summed E-state index contributed by atoms with van der Waals surface area (Å²) in [5, 5.41) is 12.9. The van der Waals surface area contributed by atoms with Gasteiger partial charge in [-0.25, -0.2) is 0 Å². The SMILES string of the molecule is COc1ccc(CCN(CC(O)C(NC(=O)COc2cccc(Cl)c2)C(F)(F)F)C(=O)C2CCN(C)CC2)cc1. The molecular formula is C28H35ClF3N3O5. The normalized spacial score (nSPS) is 16.2. The average Bonchev–Trinajstić information content (AvgIpc) is 2.92. The van der Waals surface area contributed by atoms with Crippen molar-refractivity contribution in [2.75, 3.05) is 46.9 Å². The standard InChI is InChI=1S/C28H35ClF3N3O5/c1-34-13-11-20(12-14-34)27(38)35(15-10-19-6-8-22(39-2)9-7-19)17-24(36)26(28(30,31)32)33-25(37)18-40-23-5-3-4-21(29)16-23/h3-9,16,20,24,26,36H,10-15,17-18H2,1-2H3,(H,33,37). The summed E-state index contributed by atoms with van der Waals surface area (Å²) < 4.78 is 52.3. The van der Waals surface area contributed by atoms with Crippen molar-refractivity contribution in [2.24, 2.45) is 5.92 Å². The maximum Gasteiger partial charge on any atom is 0.411 e. The number of carbonyl (C=O) groups excluding carboxylic acids is 2. The number of ether oxygens (including phenoxy) is 2. The third-order valence-electron chi connectivity index (χ3n) is 6.84. The molecule has 1 heterocycles. The monoisotopic (exact) mass is 585 g/mol. The summed E-state index contributed by atoms with van der Waals surface area (Å²) in [7, 11) is 3.48. The number of carbonyl (C=O) groups is 2. The van der Waals surface area contributed by atoms with Crippen LogP contribution < -0.4 is 14.8 Å². The lowest BCUT2D eigenvalue weighted by Gasteiger charge is -2.35. The van der Waals surface area contributed by atoms with Crippen LogP contribution in [0.5, 0.6) is 11.5 Å². The lowest BCUT2D eigenvalue weighted by Crippen LogP contribution is -2.57. The first-order chi connectivity index (χ1) is 19.0. The summed E-state index contributed by atoms with van der Waals surface area (Å²) >= 11 is 5.86. The van der Waals surface area contributed by atoms with Gasteiger partial charge in [-0.2, -0.15) is 13.2 Å². The van der Waals surface area contributed by atoms with Crippen LogP contribution in [-0.4, -0.2) is 92.0 Å². The number of alkyl halides is 3. The van der Waals surface area contributed by atoms with E-state index in [1.807, 2.05) is 24.5 Å². The van der Waals surface area contributed by atoms with Crippen LogP contribution in [0.25, 0.3) is 0 Å². The molecule has 0 aliphatic carbocycles. The highest BCUT2D eigenvalue weighted by molar-refractivity contribution is 6.30. The number of rotatable bonds is 12. The van der Waals surface area contributed by atoms with Gasteiger partial charge in [0.15, 0.2) is 12.6 Å². The molecule has 1 saturated heterocycles. The fraction of sp³-hybridized carbons (Fsp3) is 0.500. The first-order valence-electron chi connectivity index (χ1n) is 13.0. The summed E-state index contributed by atoms with van der Waals surface area (Å²) in [6.45, 7) is 0.180. The Balaban J connectivity index is 1.69. The molecule has 8 nitrogen and oxygen atoms in total. The van der Waals surface area contributed by atoms with E-state index in [9.17, 15) is 27.9 Å². The van der Waals surface area contributed by atoms with E-state index in [0.29, 0.717) is 43.1 Å². The van der Waals surface area contributed by atoms with E-state index in [4.69, 9.17) is 21.1 Å². The number of hydrogen-bond acceptors (Lipinski definition) is 6. The second-order valence-corrected chi connectivity index (χ2v) is 10.3. The minimum Gasteiger partial charge on any atom is -0.497 e. The van der Waals surface area contributed by atoms with Gasteiger partial charge >= 0.3 is 6.18 Å². The van der Waals surface area contributed by atoms with E-state index in [0.717, 1.165) is 5.56 Å². The van der Waals surface area contributed by atoms with Crippen molar-refractivity contribution in [1.82, 2.24) is 15.1 Å². The van der Waals surface area contributed by atoms with Crippen LogP contribution in [-0.2, 0) is 16.0 Å². The van der Waals surface area contributed by atoms with Crippen molar-refractivity contribution in [3.63, 3.8) is 0 Å². The second-order valence-electron chi connectivity index (χ2n) is 9.86. The van der Waals surface area contributed by atoms with E-state index in [1.54, 1.807) is 24.3 Å². The number of aliphatic hydroxyl groups excluding tert-OH is 1. The van der Waals surface area contributed by atoms with Crippen molar-refractivity contribution in [1.29, 1.82) is 0 Å². The number of piperidine rings is 1. The molecule has 0 radical (unpaired) electrons. The third-order valence-corrected chi connectivity index (χ3v) is 7.07. The number of benzene rings is 2. The molecule has 1 aliphatic rings. The van der Waals surface area contributed by atoms with E-state index in [1.165, 1.54) is 24.1 Å². The van der Waals surface area contributed by atoms with Gasteiger partial charge < -0.3 is 29.7 Å². The van der Waals surface area contributed by atoms with E-state index in [2.05, 4.69) is 4.90 Å². The zero-order chi connectivity index (χ0) is 29.3. The van der Waals surface area contributed by atoms with Crippen molar-refractivity contribution in [3.8, 4) is 11.5 Å². The molecule has 2 aromatic rings. The van der Waals surface area contributed by atoms with Gasteiger partial charge in [0, 0.05) is 24.0 Å². The Hall–Kier alpha value is -3.02. The molecule has 1 aliphatic heterocycles. The zero-order valence-electron chi connectivity index (χ0n) is 22.5. The zero-order valence-corrected chi connectivity index (χ0v) is 23.3. The number of nitrogens with zero attached hydrogens (tertiary/aromatic N) is 2. The Morgan fingerprint density at radius 1 is 1.15 bits per heavy atom. The van der Waals surface area contributed by atoms with Gasteiger partial charge in [-0.05, 0) is 75.3 Å². The minimum atomic E-state index is -4.97. The summed E-state index contributed by atoms with van der Waals surface area (Å²) in [6, 6.07) is 10.6. The van der Waals surface area contributed by atoms with Gasteiger partial charge in [-0.15, -0.1) is 0 Å².